The summed E-state index contributed by atoms with van der Waals surface area (Å²) in [6.07, 6.45) is -4.29. The first-order chi connectivity index (χ1) is 6.89. The monoisotopic (exact) mass is 277 g/mol. The maximum Gasteiger partial charge on any atom is 0.416 e. The second kappa shape index (κ2) is 3.27. The normalized spacial score (nSPS) is 12.3. The number of hydrogen-bond acceptors (Lipinski definition) is 0. The predicted molar refractivity (Wildman–Crippen MR) is 55.7 cm³/mol. The lowest BCUT2D eigenvalue weighted by atomic mass is 10.1. The second-order valence-corrected chi connectivity index (χ2v) is 4.12. The van der Waals surface area contributed by atoms with Crippen molar-refractivity contribution in [2.24, 2.45) is 0 Å². The van der Waals surface area contributed by atoms with Gasteiger partial charge in [-0.1, -0.05) is 0 Å². The summed E-state index contributed by atoms with van der Waals surface area (Å²) in [7, 11) is 0. The van der Waals surface area contributed by atoms with E-state index in [9.17, 15) is 13.2 Å². The Morgan fingerprint density at radius 1 is 1.27 bits per heavy atom. The van der Waals surface area contributed by atoms with Gasteiger partial charge in [0.2, 0.25) is 0 Å². The van der Waals surface area contributed by atoms with Gasteiger partial charge < -0.3 is 4.98 Å². The Balaban J connectivity index is 2.70. The van der Waals surface area contributed by atoms with Crippen LogP contribution in [0.1, 0.15) is 11.3 Å². The maximum absolute atomic E-state index is 12.4. The molecule has 1 heterocycles. The Morgan fingerprint density at radius 3 is 2.53 bits per heavy atom. The molecule has 0 fully saturated rings. The fourth-order valence-corrected chi connectivity index (χ4v) is 1.90. The molecule has 0 aliphatic heterocycles. The largest absolute Gasteiger partial charge is 0.416 e. The van der Waals surface area contributed by atoms with E-state index in [1.807, 2.05) is 0 Å². The molecule has 0 amide bonds. The van der Waals surface area contributed by atoms with Gasteiger partial charge >= 0.3 is 6.18 Å². The molecule has 1 N–H and O–H groups in total. The van der Waals surface area contributed by atoms with E-state index < -0.39 is 11.7 Å². The minimum Gasteiger partial charge on any atom is -0.358 e. The summed E-state index contributed by atoms with van der Waals surface area (Å²) in [5.74, 6) is 0. The Bertz CT molecular complexity index is 513. The summed E-state index contributed by atoms with van der Waals surface area (Å²) in [6, 6.07) is 3.66. The van der Waals surface area contributed by atoms with Gasteiger partial charge in [0.15, 0.2) is 0 Å². The van der Waals surface area contributed by atoms with Gasteiger partial charge in [-0.3, -0.25) is 0 Å². The molecule has 1 aromatic heterocycles. The third kappa shape index (κ3) is 1.76. The lowest BCUT2D eigenvalue weighted by Crippen LogP contribution is -2.03. The van der Waals surface area contributed by atoms with Crippen molar-refractivity contribution < 1.29 is 13.2 Å². The molecule has 0 bridgehead atoms. The molecule has 2 rings (SSSR count). The van der Waals surface area contributed by atoms with Crippen molar-refractivity contribution in [3.8, 4) is 0 Å². The van der Waals surface area contributed by atoms with E-state index >= 15 is 0 Å². The number of halogens is 4. The molecule has 0 spiro atoms. The third-order valence-corrected chi connectivity index (χ3v) is 3.26. The number of nitrogens with one attached hydrogen (secondary N) is 1. The van der Waals surface area contributed by atoms with Crippen LogP contribution in [0.25, 0.3) is 10.9 Å². The molecule has 80 valence electrons. The predicted octanol–water partition coefficient (Wildman–Crippen LogP) is 4.26. The first-order valence-electron chi connectivity index (χ1n) is 4.24. The summed E-state index contributed by atoms with van der Waals surface area (Å²) in [5, 5.41) is 0.558. The van der Waals surface area contributed by atoms with Gasteiger partial charge in [-0.2, -0.15) is 13.2 Å². The van der Waals surface area contributed by atoms with Gasteiger partial charge in [0.05, 0.1) is 5.56 Å². The van der Waals surface area contributed by atoms with Crippen molar-refractivity contribution in [1.29, 1.82) is 0 Å². The number of aryl methyl sites for hydroxylation is 1. The highest BCUT2D eigenvalue weighted by Crippen LogP contribution is 2.34. The Labute approximate surface area is 92.4 Å². The highest BCUT2D eigenvalue weighted by atomic mass is 79.9. The molecular weight excluding hydrogens is 271 g/mol. The van der Waals surface area contributed by atoms with Crippen LogP contribution in [-0.2, 0) is 6.18 Å². The van der Waals surface area contributed by atoms with E-state index in [4.69, 9.17) is 0 Å². The zero-order chi connectivity index (χ0) is 11.2. The first kappa shape index (κ1) is 10.5. The lowest BCUT2D eigenvalue weighted by Gasteiger charge is -2.05. The van der Waals surface area contributed by atoms with E-state index in [0.717, 1.165) is 17.8 Å². The van der Waals surface area contributed by atoms with Crippen LogP contribution in [0.2, 0.25) is 0 Å². The average Bonchev–Trinajstić information content (AvgIpc) is 2.41. The zero-order valence-electron chi connectivity index (χ0n) is 7.74. The summed E-state index contributed by atoms with van der Waals surface area (Å²) in [6.45, 7) is 1.80. The number of benzene rings is 1. The number of aromatic nitrogens is 1. The minimum absolute atomic E-state index is 0.558. The first-order valence-corrected chi connectivity index (χ1v) is 5.04. The molecule has 0 saturated carbocycles. The number of rotatable bonds is 0. The molecule has 1 aromatic carbocycles. The minimum atomic E-state index is -4.29. The molecule has 0 atom stereocenters. The smallest absolute Gasteiger partial charge is 0.358 e. The van der Waals surface area contributed by atoms with Crippen molar-refractivity contribution >= 4 is 26.8 Å². The molecule has 15 heavy (non-hydrogen) atoms. The van der Waals surface area contributed by atoms with Crippen molar-refractivity contribution in [2.75, 3.05) is 0 Å². The average molecular weight is 278 g/mol. The summed E-state index contributed by atoms with van der Waals surface area (Å²) in [5.41, 5.74) is 0.895. The SMILES string of the molecule is Cc1[nH]c2ccc(C(F)(F)F)cc2c1Br. The van der Waals surface area contributed by atoms with E-state index in [2.05, 4.69) is 20.9 Å². The zero-order valence-corrected chi connectivity index (χ0v) is 9.33. The molecule has 2 aromatic rings. The number of alkyl halides is 3. The molecular formula is C10H7BrF3N. The summed E-state index contributed by atoms with van der Waals surface area (Å²) >= 11 is 3.25. The number of hydrogen-bond donors (Lipinski definition) is 1. The topological polar surface area (TPSA) is 15.8 Å². The number of fused-ring (bicyclic) bond motifs is 1. The van der Waals surface area contributed by atoms with Crippen LogP contribution in [0.5, 0.6) is 0 Å². The maximum atomic E-state index is 12.4. The van der Waals surface area contributed by atoms with E-state index in [-0.39, 0.29) is 0 Å². The lowest BCUT2D eigenvalue weighted by molar-refractivity contribution is -0.137. The summed E-state index contributed by atoms with van der Waals surface area (Å²) in [4.78, 5) is 2.99. The van der Waals surface area contributed by atoms with Crippen molar-refractivity contribution in [2.45, 2.75) is 13.1 Å². The van der Waals surface area contributed by atoms with Gasteiger partial charge in [-0.05, 0) is 41.1 Å². The third-order valence-electron chi connectivity index (χ3n) is 2.23. The fourth-order valence-electron chi connectivity index (χ4n) is 1.47. The van der Waals surface area contributed by atoms with Crippen LogP contribution in [0.15, 0.2) is 22.7 Å². The van der Waals surface area contributed by atoms with Crippen molar-refractivity contribution in [3.05, 3.63) is 33.9 Å². The van der Waals surface area contributed by atoms with Crippen LogP contribution in [0.3, 0.4) is 0 Å². The molecule has 5 heteroatoms. The van der Waals surface area contributed by atoms with Crippen LogP contribution in [0, 0.1) is 6.92 Å². The molecule has 1 nitrogen and oxygen atoms in total. The van der Waals surface area contributed by atoms with E-state index in [1.54, 1.807) is 6.92 Å². The van der Waals surface area contributed by atoms with Gasteiger partial charge in [-0.25, -0.2) is 0 Å². The molecule has 0 saturated heterocycles. The van der Waals surface area contributed by atoms with Gasteiger partial charge in [0.25, 0.3) is 0 Å². The Kier molecular flexibility index (Phi) is 2.30. The quantitative estimate of drug-likeness (QED) is 0.741. The fraction of sp³-hybridized carbons (Fsp3) is 0.200. The number of H-pyrrole nitrogens is 1. The van der Waals surface area contributed by atoms with Crippen LogP contribution in [0.4, 0.5) is 13.2 Å². The highest BCUT2D eigenvalue weighted by Gasteiger charge is 2.30. The molecule has 0 unspecified atom stereocenters. The van der Waals surface area contributed by atoms with E-state index in [0.29, 0.717) is 15.4 Å². The Morgan fingerprint density at radius 2 is 1.93 bits per heavy atom. The second-order valence-electron chi connectivity index (χ2n) is 3.32. The molecule has 0 aliphatic carbocycles. The van der Waals surface area contributed by atoms with Crippen LogP contribution < -0.4 is 0 Å². The number of aromatic amines is 1. The van der Waals surface area contributed by atoms with Crippen molar-refractivity contribution in [3.63, 3.8) is 0 Å². The molecule has 0 aliphatic rings. The summed E-state index contributed by atoms with van der Waals surface area (Å²) < 4.78 is 38.0. The van der Waals surface area contributed by atoms with Crippen LogP contribution in [-0.4, -0.2) is 4.98 Å². The van der Waals surface area contributed by atoms with E-state index in [1.165, 1.54) is 6.07 Å². The van der Waals surface area contributed by atoms with Crippen LogP contribution >= 0.6 is 15.9 Å². The van der Waals surface area contributed by atoms with Gasteiger partial charge in [0, 0.05) is 21.1 Å². The van der Waals surface area contributed by atoms with Crippen molar-refractivity contribution in [1.82, 2.24) is 4.98 Å². The van der Waals surface area contributed by atoms with Gasteiger partial charge in [-0.15, -0.1) is 0 Å². The standard InChI is InChI=1S/C10H7BrF3N/c1-5-9(11)7-4-6(10(12,13)14)2-3-8(7)15-5/h2-4,15H,1H3. The highest BCUT2D eigenvalue weighted by molar-refractivity contribution is 9.10. The molecule has 0 radical (unpaired) electrons. The Hall–Kier alpha value is -0.970. The van der Waals surface area contributed by atoms with Gasteiger partial charge in [0.1, 0.15) is 0 Å².